The molecule has 0 aromatic carbocycles. The second-order valence-electron chi connectivity index (χ2n) is 3.42. The third kappa shape index (κ3) is 4.70. The lowest BCUT2D eigenvalue weighted by molar-refractivity contribution is 0.0998. The lowest BCUT2D eigenvalue weighted by Gasteiger charge is -2.25. The molecule has 14 heavy (non-hydrogen) atoms. The smallest absolute Gasteiger partial charge is 0.313 e. The van der Waals surface area contributed by atoms with Crippen LogP contribution in [0, 0.1) is 0 Å². The molecule has 0 aliphatic heterocycles. The Morgan fingerprint density at radius 3 is 2.07 bits per heavy atom. The molecule has 1 aliphatic rings. The van der Waals surface area contributed by atoms with Gasteiger partial charge >= 0.3 is 8.60 Å². The van der Waals surface area contributed by atoms with E-state index in [1.807, 2.05) is 13.8 Å². The molecule has 0 aromatic heterocycles. The molecule has 84 valence electrons. The van der Waals surface area contributed by atoms with Crippen molar-refractivity contribution in [2.45, 2.75) is 52.1 Å². The molecule has 1 aliphatic carbocycles. The normalized spacial score (nSPS) is 19.1. The van der Waals surface area contributed by atoms with Crippen LogP contribution >= 0.6 is 8.60 Å². The predicted molar refractivity (Wildman–Crippen MR) is 58.1 cm³/mol. The Hall–Kier alpha value is 0.310. The first-order valence-corrected chi connectivity index (χ1v) is 6.69. The number of hydrogen-bond donors (Lipinski definition) is 0. The maximum Gasteiger partial charge on any atom is 0.332 e. The lowest BCUT2D eigenvalue weighted by Crippen LogP contribution is -2.15. The zero-order valence-electron chi connectivity index (χ0n) is 9.20. The van der Waals surface area contributed by atoms with Crippen LogP contribution in [0.3, 0.4) is 0 Å². The minimum Gasteiger partial charge on any atom is -0.313 e. The minimum absolute atomic E-state index is 0.368. The molecule has 0 atom stereocenters. The van der Waals surface area contributed by atoms with E-state index in [0.29, 0.717) is 19.3 Å². The maximum absolute atomic E-state index is 5.79. The molecule has 0 saturated heterocycles. The highest BCUT2D eigenvalue weighted by Gasteiger charge is 2.20. The van der Waals surface area contributed by atoms with Crippen molar-refractivity contribution in [1.82, 2.24) is 0 Å². The van der Waals surface area contributed by atoms with Crippen molar-refractivity contribution in [2.24, 2.45) is 0 Å². The molecule has 4 heteroatoms. The molecule has 0 unspecified atom stereocenters. The van der Waals surface area contributed by atoms with Crippen molar-refractivity contribution >= 4 is 8.60 Å². The fraction of sp³-hybridized carbons (Fsp3) is 1.00. The van der Waals surface area contributed by atoms with Gasteiger partial charge < -0.3 is 13.6 Å². The highest BCUT2D eigenvalue weighted by atomic mass is 31.2. The molecule has 1 rings (SSSR count). The molecule has 1 saturated carbocycles. The minimum atomic E-state index is -1.08. The van der Waals surface area contributed by atoms with E-state index in [-0.39, 0.29) is 0 Å². The van der Waals surface area contributed by atoms with Gasteiger partial charge in [0.2, 0.25) is 0 Å². The summed E-state index contributed by atoms with van der Waals surface area (Å²) in [7, 11) is -1.08. The van der Waals surface area contributed by atoms with Crippen molar-refractivity contribution in [2.75, 3.05) is 13.2 Å². The highest BCUT2D eigenvalue weighted by Crippen LogP contribution is 2.43. The van der Waals surface area contributed by atoms with Gasteiger partial charge in [-0.1, -0.05) is 19.3 Å². The van der Waals surface area contributed by atoms with E-state index in [0.717, 1.165) is 0 Å². The summed E-state index contributed by atoms with van der Waals surface area (Å²) in [5.74, 6) is 0. The summed E-state index contributed by atoms with van der Waals surface area (Å²) in [6, 6.07) is 0. The quantitative estimate of drug-likeness (QED) is 0.639. The third-order valence-electron chi connectivity index (χ3n) is 2.26. The molecule has 0 heterocycles. The van der Waals surface area contributed by atoms with Crippen molar-refractivity contribution in [3.8, 4) is 0 Å². The van der Waals surface area contributed by atoms with Gasteiger partial charge in [-0.3, -0.25) is 0 Å². The SMILES string of the molecule is CCOP(OCC)OC1CCCCC1. The topological polar surface area (TPSA) is 27.7 Å². The zero-order valence-corrected chi connectivity index (χ0v) is 10.1. The summed E-state index contributed by atoms with van der Waals surface area (Å²) in [6.45, 7) is 5.27. The van der Waals surface area contributed by atoms with Gasteiger partial charge in [0.15, 0.2) is 0 Å². The maximum atomic E-state index is 5.79. The van der Waals surface area contributed by atoms with Crippen LogP contribution in [0.2, 0.25) is 0 Å². The summed E-state index contributed by atoms with van der Waals surface area (Å²) in [5, 5.41) is 0. The highest BCUT2D eigenvalue weighted by molar-refractivity contribution is 7.41. The van der Waals surface area contributed by atoms with Gasteiger partial charge in [0.05, 0.1) is 19.3 Å². The Kier molecular flexibility index (Phi) is 6.70. The average Bonchev–Trinajstić information content (AvgIpc) is 2.20. The van der Waals surface area contributed by atoms with Crippen LogP contribution in [0.5, 0.6) is 0 Å². The second-order valence-corrected chi connectivity index (χ2v) is 4.60. The van der Waals surface area contributed by atoms with Crippen LogP contribution in [0.4, 0.5) is 0 Å². The average molecular weight is 220 g/mol. The largest absolute Gasteiger partial charge is 0.332 e. The summed E-state index contributed by atoms with van der Waals surface area (Å²) in [5.41, 5.74) is 0. The van der Waals surface area contributed by atoms with E-state index >= 15 is 0 Å². The van der Waals surface area contributed by atoms with Crippen molar-refractivity contribution < 1.29 is 13.6 Å². The summed E-state index contributed by atoms with van der Waals surface area (Å²) in [4.78, 5) is 0. The molecule has 1 fully saturated rings. The first kappa shape index (κ1) is 12.4. The van der Waals surface area contributed by atoms with Gasteiger partial charge in [0, 0.05) is 0 Å². The van der Waals surface area contributed by atoms with E-state index in [2.05, 4.69) is 0 Å². The molecule has 0 bridgehead atoms. The van der Waals surface area contributed by atoms with E-state index in [9.17, 15) is 0 Å². The third-order valence-corrected chi connectivity index (χ3v) is 3.66. The summed E-state index contributed by atoms with van der Waals surface area (Å²) in [6.07, 6.45) is 6.62. The first-order chi connectivity index (χ1) is 6.86. The van der Waals surface area contributed by atoms with Crippen LogP contribution < -0.4 is 0 Å². The Balaban J connectivity index is 2.21. The summed E-state index contributed by atoms with van der Waals surface area (Å²) < 4.78 is 16.6. The molecule has 0 amide bonds. The van der Waals surface area contributed by atoms with Crippen LogP contribution in [-0.2, 0) is 13.6 Å². The molecular formula is C10H21O3P. The van der Waals surface area contributed by atoms with Gasteiger partial charge in [-0.05, 0) is 26.7 Å². The molecule has 0 spiro atoms. The first-order valence-electron chi connectivity index (χ1n) is 5.59. The Morgan fingerprint density at radius 1 is 1.00 bits per heavy atom. The predicted octanol–water partition coefficient (Wildman–Crippen LogP) is 3.64. The molecule has 3 nitrogen and oxygen atoms in total. The molecule has 0 N–H and O–H groups in total. The molecular weight excluding hydrogens is 199 g/mol. The van der Waals surface area contributed by atoms with Crippen molar-refractivity contribution in [1.29, 1.82) is 0 Å². The van der Waals surface area contributed by atoms with Gasteiger partial charge in [-0.2, -0.15) is 0 Å². The van der Waals surface area contributed by atoms with E-state index in [4.69, 9.17) is 13.6 Å². The standard InChI is InChI=1S/C10H21O3P/c1-3-11-14(12-4-2)13-10-8-6-5-7-9-10/h10H,3-9H2,1-2H3. The van der Waals surface area contributed by atoms with Crippen molar-refractivity contribution in [3.05, 3.63) is 0 Å². The monoisotopic (exact) mass is 220 g/mol. The van der Waals surface area contributed by atoms with Gasteiger partial charge in [0.25, 0.3) is 0 Å². The molecule has 0 radical (unpaired) electrons. The Labute approximate surface area is 88.1 Å². The fourth-order valence-corrected chi connectivity index (χ4v) is 2.67. The van der Waals surface area contributed by atoms with Gasteiger partial charge in [-0.15, -0.1) is 0 Å². The van der Waals surface area contributed by atoms with Gasteiger partial charge in [-0.25, -0.2) is 0 Å². The van der Waals surface area contributed by atoms with E-state index in [1.165, 1.54) is 32.1 Å². The van der Waals surface area contributed by atoms with Crippen LogP contribution in [-0.4, -0.2) is 19.3 Å². The second kappa shape index (κ2) is 7.58. The van der Waals surface area contributed by atoms with Crippen LogP contribution in [0.25, 0.3) is 0 Å². The van der Waals surface area contributed by atoms with Crippen LogP contribution in [0.1, 0.15) is 46.0 Å². The summed E-state index contributed by atoms with van der Waals surface area (Å²) >= 11 is 0. The van der Waals surface area contributed by atoms with E-state index < -0.39 is 8.60 Å². The zero-order chi connectivity index (χ0) is 10.2. The fourth-order valence-electron chi connectivity index (χ4n) is 1.60. The lowest BCUT2D eigenvalue weighted by atomic mass is 9.98. The molecule has 0 aromatic rings. The van der Waals surface area contributed by atoms with Gasteiger partial charge in [0.1, 0.15) is 0 Å². The Bertz CT molecular complexity index is 131. The van der Waals surface area contributed by atoms with Crippen LogP contribution in [0.15, 0.2) is 0 Å². The number of rotatable bonds is 6. The Morgan fingerprint density at radius 2 is 1.57 bits per heavy atom. The van der Waals surface area contributed by atoms with Crippen molar-refractivity contribution in [3.63, 3.8) is 0 Å². The number of hydrogen-bond acceptors (Lipinski definition) is 3. The van der Waals surface area contributed by atoms with E-state index in [1.54, 1.807) is 0 Å².